The molecule has 0 radical (unpaired) electrons. The van der Waals surface area contributed by atoms with Crippen LogP contribution in [-0.2, 0) is 11.3 Å². The van der Waals surface area contributed by atoms with Gasteiger partial charge in [-0.1, -0.05) is 18.5 Å². The Hall–Kier alpha value is -1.33. The van der Waals surface area contributed by atoms with E-state index in [2.05, 4.69) is 22.5 Å². The third kappa shape index (κ3) is 5.52. The molecule has 1 aliphatic carbocycles. The first-order valence-corrected chi connectivity index (χ1v) is 7.83. The molecule has 2 N–H and O–H groups in total. The maximum atomic E-state index is 11.8. The molecule has 6 heteroatoms. The molecule has 1 amide bonds. The second kappa shape index (κ2) is 7.61. The summed E-state index contributed by atoms with van der Waals surface area (Å²) in [5.41, 5.74) is 0.791. The van der Waals surface area contributed by atoms with Crippen LogP contribution in [0, 0.1) is 0 Å². The number of nitrogens with zero attached hydrogens (tertiary/aromatic N) is 2. The monoisotopic (exact) mass is 310 g/mol. The number of nitrogens with one attached hydrogen (secondary N) is 2. The lowest BCUT2D eigenvalue weighted by molar-refractivity contribution is -0.122. The molecule has 21 heavy (non-hydrogen) atoms. The van der Waals surface area contributed by atoms with E-state index in [1.807, 2.05) is 24.1 Å². The van der Waals surface area contributed by atoms with Crippen molar-refractivity contribution in [3.8, 4) is 0 Å². The fourth-order valence-electron chi connectivity index (χ4n) is 2.00. The number of carbonyl (C=O) groups is 1. The van der Waals surface area contributed by atoms with Gasteiger partial charge in [-0.2, -0.15) is 0 Å². The van der Waals surface area contributed by atoms with Gasteiger partial charge < -0.3 is 10.6 Å². The van der Waals surface area contributed by atoms with Crippen molar-refractivity contribution in [1.82, 2.24) is 15.2 Å². The van der Waals surface area contributed by atoms with Crippen molar-refractivity contribution in [3.05, 3.63) is 22.8 Å². The third-order valence-corrected chi connectivity index (χ3v) is 3.59. The SMILES string of the molecule is CCCNc1ccc(Cl)c(CN(C)CC(=O)NC2CC2)n1. The van der Waals surface area contributed by atoms with Gasteiger partial charge in [0.05, 0.1) is 17.3 Å². The summed E-state index contributed by atoms with van der Waals surface area (Å²) in [6.07, 6.45) is 3.25. The second-order valence-corrected chi connectivity index (χ2v) is 5.97. The van der Waals surface area contributed by atoms with Gasteiger partial charge >= 0.3 is 0 Å². The molecule has 0 aromatic carbocycles. The van der Waals surface area contributed by atoms with E-state index in [1.54, 1.807) is 0 Å². The number of aromatic nitrogens is 1. The Morgan fingerprint density at radius 2 is 2.24 bits per heavy atom. The molecule has 1 aromatic heterocycles. The van der Waals surface area contributed by atoms with Crippen LogP contribution in [0.5, 0.6) is 0 Å². The number of amides is 1. The number of rotatable bonds is 8. The lowest BCUT2D eigenvalue weighted by atomic mass is 10.3. The standard InChI is InChI=1S/C15H23ClN4O/c1-3-8-17-14-7-6-12(16)13(19-14)9-20(2)10-15(21)18-11-4-5-11/h6-7,11H,3-5,8-10H2,1-2H3,(H,17,19)(H,18,21). The molecule has 116 valence electrons. The van der Waals surface area contributed by atoms with Gasteiger partial charge in [0, 0.05) is 19.1 Å². The van der Waals surface area contributed by atoms with E-state index >= 15 is 0 Å². The molecule has 5 nitrogen and oxygen atoms in total. The van der Waals surface area contributed by atoms with E-state index in [0.29, 0.717) is 24.2 Å². The summed E-state index contributed by atoms with van der Waals surface area (Å²) in [7, 11) is 1.90. The summed E-state index contributed by atoms with van der Waals surface area (Å²) >= 11 is 6.19. The first-order chi connectivity index (χ1) is 10.1. The molecule has 2 rings (SSSR count). The maximum Gasteiger partial charge on any atom is 0.234 e. The molecule has 1 fully saturated rings. The van der Waals surface area contributed by atoms with E-state index < -0.39 is 0 Å². The molecule has 0 unspecified atom stereocenters. The predicted octanol–water partition coefficient (Wildman–Crippen LogP) is 2.27. The number of pyridine rings is 1. The highest BCUT2D eigenvalue weighted by Gasteiger charge is 2.23. The highest BCUT2D eigenvalue weighted by atomic mass is 35.5. The molecular weight excluding hydrogens is 288 g/mol. The van der Waals surface area contributed by atoms with Crippen LogP contribution in [0.25, 0.3) is 0 Å². The Balaban J connectivity index is 1.88. The maximum absolute atomic E-state index is 11.8. The van der Waals surface area contributed by atoms with Crippen LogP contribution >= 0.6 is 11.6 Å². The Labute approximate surface area is 131 Å². The molecule has 1 saturated carbocycles. The topological polar surface area (TPSA) is 57.3 Å². The quantitative estimate of drug-likeness (QED) is 0.773. The van der Waals surface area contributed by atoms with Gasteiger partial charge in [0.2, 0.25) is 5.91 Å². The normalized spacial score (nSPS) is 14.3. The van der Waals surface area contributed by atoms with Crippen LogP contribution in [0.2, 0.25) is 5.02 Å². The molecule has 0 saturated heterocycles. The number of likely N-dealkylation sites (N-methyl/N-ethyl adjacent to an activating group) is 1. The highest BCUT2D eigenvalue weighted by Crippen LogP contribution is 2.19. The molecule has 0 bridgehead atoms. The van der Waals surface area contributed by atoms with Gasteiger partial charge in [0.25, 0.3) is 0 Å². The highest BCUT2D eigenvalue weighted by molar-refractivity contribution is 6.31. The van der Waals surface area contributed by atoms with Crippen molar-refractivity contribution in [2.45, 2.75) is 38.8 Å². The lowest BCUT2D eigenvalue weighted by Gasteiger charge is -2.17. The summed E-state index contributed by atoms with van der Waals surface area (Å²) in [4.78, 5) is 18.2. The number of hydrogen-bond acceptors (Lipinski definition) is 4. The van der Waals surface area contributed by atoms with Crippen molar-refractivity contribution < 1.29 is 4.79 Å². The zero-order valence-corrected chi connectivity index (χ0v) is 13.4. The Morgan fingerprint density at radius 1 is 1.48 bits per heavy atom. The Kier molecular flexibility index (Phi) is 5.82. The molecule has 1 heterocycles. The number of anilines is 1. The molecule has 0 aliphatic heterocycles. The minimum absolute atomic E-state index is 0.0661. The largest absolute Gasteiger partial charge is 0.370 e. The van der Waals surface area contributed by atoms with Gasteiger partial charge in [-0.05, 0) is 38.4 Å². The molecule has 0 atom stereocenters. The van der Waals surface area contributed by atoms with Gasteiger partial charge in [0.1, 0.15) is 5.82 Å². The number of hydrogen-bond donors (Lipinski definition) is 2. The van der Waals surface area contributed by atoms with Crippen LogP contribution < -0.4 is 10.6 Å². The summed E-state index contributed by atoms with van der Waals surface area (Å²) in [5, 5.41) is 6.85. The van der Waals surface area contributed by atoms with Crippen molar-refractivity contribution in [2.24, 2.45) is 0 Å². The van der Waals surface area contributed by atoms with Gasteiger partial charge in [-0.25, -0.2) is 4.98 Å². The summed E-state index contributed by atoms with van der Waals surface area (Å²) in [6, 6.07) is 4.12. The van der Waals surface area contributed by atoms with Crippen molar-refractivity contribution in [1.29, 1.82) is 0 Å². The average Bonchev–Trinajstić information content (AvgIpc) is 3.23. The van der Waals surface area contributed by atoms with Gasteiger partial charge in [0.15, 0.2) is 0 Å². The molecule has 0 spiro atoms. The van der Waals surface area contributed by atoms with Crippen LogP contribution in [0.15, 0.2) is 12.1 Å². The molecular formula is C15H23ClN4O. The van der Waals surface area contributed by atoms with Gasteiger partial charge in [-0.3, -0.25) is 9.69 Å². The second-order valence-electron chi connectivity index (χ2n) is 5.57. The summed E-state index contributed by atoms with van der Waals surface area (Å²) in [6.45, 7) is 3.91. The number of halogens is 1. The molecule has 1 aliphatic rings. The van der Waals surface area contributed by atoms with E-state index in [-0.39, 0.29) is 5.91 Å². The number of carbonyl (C=O) groups excluding carboxylic acids is 1. The van der Waals surface area contributed by atoms with Crippen LogP contribution in [-0.4, -0.2) is 42.0 Å². The zero-order chi connectivity index (χ0) is 15.2. The van der Waals surface area contributed by atoms with E-state index in [1.165, 1.54) is 0 Å². The molecule has 1 aromatic rings. The van der Waals surface area contributed by atoms with Crippen molar-refractivity contribution in [2.75, 3.05) is 25.5 Å². The first-order valence-electron chi connectivity index (χ1n) is 7.45. The Morgan fingerprint density at radius 3 is 2.90 bits per heavy atom. The van der Waals surface area contributed by atoms with Gasteiger partial charge in [-0.15, -0.1) is 0 Å². The van der Waals surface area contributed by atoms with E-state index in [4.69, 9.17) is 11.6 Å². The third-order valence-electron chi connectivity index (χ3n) is 3.25. The smallest absolute Gasteiger partial charge is 0.234 e. The van der Waals surface area contributed by atoms with Crippen molar-refractivity contribution in [3.63, 3.8) is 0 Å². The minimum atomic E-state index is 0.0661. The fraction of sp³-hybridized carbons (Fsp3) is 0.600. The van der Waals surface area contributed by atoms with Crippen molar-refractivity contribution >= 4 is 23.3 Å². The lowest BCUT2D eigenvalue weighted by Crippen LogP contribution is -2.36. The predicted molar refractivity (Wildman–Crippen MR) is 85.5 cm³/mol. The van der Waals surface area contributed by atoms with Crippen LogP contribution in [0.4, 0.5) is 5.82 Å². The first kappa shape index (κ1) is 16.0. The minimum Gasteiger partial charge on any atom is -0.370 e. The fourth-order valence-corrected chi connectivity index (χ4v) is 2.17. The zero-order valence-electron chi connectivity index (χ0n) is 12.7. The van der Waals surface area contributed by atoms with E-state index in [9.17, 15) is 4.79 Å². The van der Waals surface area contributed by atoms with E-state index in [0.717, 1.165) is 37.3 Å². The van der Waals surface area contributed by atoms with Crippen LogP contribution in [0.3, 0.4) is 0 Å². The average molecular weight is 311 g/mol. The van der Waals surface area contributed by atoms with Crippen LogP contribution in [0.1, 0.15) is 31.9 Å². The summed E-state index contributed by atoms with van der Waals surface area (Å²) in [5.74, 6) is 0.892. The summed E-state index contributed by atoms with van der Waals surface area (Å²) < 4.78 is 0. The Bertz CT molecular complexity index is 491.